The largest absolute Gasteiger partial charge is 0.507 e. The molecular formula is C25H19ClN2O5. The van der Waals surface area contributed by atoms with Crippen LogP contribution in [0.3, 0.4) is 0 Å². The summed E-state index contributed by atoms with van der Waals surface area (Å²) in [4.78, 5) is 31.6. The smallest absolute Gasteiger partial charge is 0.300 e. The van der Waals surface area contributed by atoms with E-state index in [9.17, 15) is 19.8 Å². The zero-order chi connectivity index (χ0) is 23.3. The summed E-state index contributed by atoms with van der Waals surface area (Å²) in [6, 6.07) is 11.7. The highest BCUT2D eigenvalue weighted by molar-refractivity contribution is 6.52. The number of phenols is 1. The van der Waals surface area contributed by atoms with E-state index in [1.165, 1.54) is 24.4 Å². The van der Waals surface area contributed by atoms with Crippen LogP contribution in [-0.2, 0) is 16.0 Å². The maximum atomic E-state index is 13.2. The van der Waals surface area contributed by atoms with Gasteiger partial charge in [0.2, 0.25) is 0 Å². The summed E-state index contributed by atoms with van der Waals surface area (Å²) in [5.41, 5.74) is 1.77. The number of aromatic hydroxyl groups is 1. The molecule has 3 aromatic rings. The highest BCUT2D eigenvalue weighted by atomic mass is 35.5. The van der Waals surface area contributed by atoms with Gasteiger partial charge in [-0.2, -0.15) is 0 Å². The number of carbonyl (C=O) groups excluding carboxylic acids is 2. The van der Waals surface area contributed by atoms with Gasteiger partial charge in [0, 0.05) is 29.4 Å². The third-order valence-corrected chi connectivity index (χ3v) is 6.05. The van der Waals surface area contributed by atoms with Gasteiger partial charge in [0.25, 0.3) is 11.7 Å². The van der Waals surface area contributed by atoms with Crippen molar-refractivity contribution in [3.05, 3.63) is 88.2 Å². The number of aliphatic hydroxyl groups is 1. The van der Waals surface area contributed by atoms with Crippen molar-refractivity contribution in [2.45, 2.75) is 25.5 Å². The average molecular weight is 463 g/mol. The van der Waals surface area contributed by atoms with Gasteiger partial charge < -0.3 is 14.9 Å². The van der Waals surface area contributed by atoms with Crippen molar-refractivity contribution in [2.75, 3.05) is 4.90 Å². The van der Waals surface area contributed by atoms with Gasteiger partial charge in [-0.1, -0.05) is 17.7 Å². The van der Waals surface area contributed by atoms with E-state index >= 15 is 0 Å². The van der Waals surface area contributed by atoms with Crippen LogP contribution in [0.2, 0.25) is 5.02 Å². The number of pyridine rings is 1. The van der Waals surface area contributed by atoms with Crippen LogP contribution in [0.5, 0.6) is 11.5 Å². The molecule has 2 aromatic carbocycles. The van der Waals surface area contributed by atoms with E-state index in [1.54, 1.807) is 36.5 Å². The number of benzene rings is 2. The van der Waals surface area contributed by atoms with Crippen LogP contribution in [0.4, 0.5) is 5.69 Å². The summed E-state index contributed by atoms with van der Waals surface area (Å²) in [6.45, 7) is 1.95. The summed E-state index contributed by atoms with van der Waals surface area (Å²) in [5.74, 6) is -1.56. The molecule has 2 aliphatic heterocycles. The molecule has 166 valence electrons. The Morgan fingerprint density at radius 1 is 1.18 bits per heavy atom. The maximum Gasteiger partial charge on any atom is 0.300 e. The first kappa shape index (κ1) is 21.0. The molecular weight excluding hydrogens is 444 g/mol. The minimum Gasteiger partial charge on any atom is -0.507 e. The molecule has 2 atom stereocenters. The molecule has 2 aliphatic rings. The summed E-state index contributed by atoms with van der Waals surface area (Å²) in [5, 5.41) is 22.0. The number of phenolic OH excluding ortho intramolecular Hbond substituents is 1. The van der Waals surface area contributed by atoms with E-state index in [2.05, 4.69) is 4.98 Å². The van der Waals surface area contributed by atoms with E-state index in [0.717, 1.165) is 16.2 Å². The lowest BCUT2D eigenvalue weighted by Crippen LogP contribution is -2.29. The molecule has 2 N–H and O–H groups in total. The van der Waals surface area contributed by atoms with Crippen molar-refractivity contribution in [3.63, 3.8) is 0 Å². The Bertz CT molecular complexity index is 1320. The Morgan fingerprint density at radius 3 is 2.76 bits per heavy atom. The van der Waals surface area contributed by atoms with Gasteiger partial charge in [0.1, 0.15) is 23.4 Å². The summed E-state index contributed by atoms with van der Waals surface area (Å²) < 4.78 is 5.72. The van der Waals surface area contributed by atoms with Crippen molar-refractivity contribution >= 4 is 34.7 Å². The lowest BCUT2D eigenvalue weighted by Gasteiger charge is -2.26. The van der Waals surface area contributed by atoms with Crippen LogP contribution in [0, 0.1) is 0 Å². The zero-order valence-corrected chi connectivity index (χ0v) is 18.3. The number of nitrogens with zero attached hydrogens (tertiary/aromatic N) is 2. The number of fused-ring (bicyclic) bond motifs is 1. The molecule has 3 heterocycles. The quantitative estimate of drug-likeness (QED) is 0.340. The number of halogens is 1. The fourth-order valence-corrected chi connectivity index (χ4v) is 4.51. The van der Waals surface area contributed by atoms with Gasteiger partial charge in [-0.15, -0.1) is 0 Å². The Kier molecular flexibility index (Phi) is 5.06. The molecule has 0 saturated carbocycles. The number of aromatic nitrogens is 1. The third-order valence-electron chi connectivity index (χ3n) is 5.81. The summed E-state index contributed by atoms with van der Waals surface area (Å²) in [7, 11) is 0. The van der Waals surface area contributed by atoms with Crippen LogP contribution in [-0.4, -0.2) is 33.0 Å². The van der Waals surface area contributed by atoms with Crippen molar-refractivity contribution in [1.82, 2.24) is 4.98 Å². The van der Waals surface area contributed by atoms with E-state index in [0.29, 0.717) is 17.5 Å². The number of amides is 1. The molecule has 7 nitrogen and oxygen atoms in total. The highest BCUT2D eigenvalue weighted by Crippen LogP contribution is 2.45. The predicted octanol–water partition coefficient (Wildman–Crippen LogP) is 4.39. The molecule has 0 radical (unpaired) electrons. The normalized spacial score (nSPS) is 21.2. The van der Waals surface area contributed by atoms with Crippen LogP contribution >= 0.6 is 11.6 Å². The molecule has 1 amide bonds. The summed E-state index contributed by atoms with van der Waals surface area (Å²) >= 11 is 6.11. The van der Waals surface area contributed by atoms with Crippen LogP contribution < -0.4 is 9.64 Å². The van der Waals surface area contributed by atoms with E-state index < -0.39 is 17.7 Å². The van der Waals surface area contributed by atoms with Gasteiger partial charge in [0.15, 0.2) is 0 Å². The second-order valence-electron chi connectivity index (χ2n) is 8.04. The third kappa shape index (κ3) is 3.50. The van der Waals surface area contributed by atoms with Crippen LogP contribution in [0.15, 0.2) is 66.5 Å². The number of carbonyl (C=O) groups is 2. The number of hydrogen-bond donors (Lipinski definition) is 2. The minimum absolute atomic E-state index is 0.0178. The van der Waals surface area contributed by atoms with E-state index in [4.69, 9.17) is 16.3 Å². The van der Waals surface area contributed by atoms with Crippen molar-refractivity contribution in [1.29, 1.82) is 0 Å². The van der Waals surface area contributed by atoms with Gasteiger partial charge in [-0.3, -0.25) is 19.5 Å². The number of Topliss-reactive ketones (excluding diaryl/α,β-unsaturated/α-hetero) is 1. The zero-order valence-electron chi connectivity index (χ0n) is 17.5. The fourth-order valence-electron chi connectivity index (χ4n) is 4.35. The van der Waals surface area contributed by atoms with Crippen molar-refractivity contribution < 1.29 is 24.5 Å². The molecule has 0 aliphatic carbocycles. The topological polar surface area (TPSA) is 100.0 Å². The molecule has 0 spiro atoms. The molecule has 33 heavy (non-hydrogen) atoms. The number of ether oxygens (including phenoxy) is 1. The second kappa shape index (κ2) is 7.94. The van der Waals surface area contributed by atoms with Gasteiger partial charge in [-0.05, 0) is 60.5 Å². The molecule has 2 unspecified atom stereocenters. The Balaban J connectivity index is 1.71. The van der Waals surface area contributed by atoms with Crippen LogP contribution in [0.1, 0.15) is 29.7 Å². The number of aliphatic hydroxyl groups excluding tert-OH is 1. The number of hydrogen-bond acceptors (Lipinski definition) is 6. The first-order chi connectivity index (χ1) is 15.8. The first-order valence-corrected chi connectivity index (χ1v) is 10.7. The predicted molar refractivity (Wildman–Crippen MR) is 122 cm³/mol. The molecule has 8 heteroatoms. The number of ketones is 1. The Morgan fingerprint density at radius 2 is 2.00 bits per heavy atom. The van der Waals surface area contributed by atoms with Gasteiger partial charge >= 0.3 is 0 Å². The SMILES string of the molecule is CC1Cc2cc(/C(O)=C3/C(=O)C(=O)N(c4cc(Cl)ccc4O)C3c3cccnc3)ccc2O1. The van der Waals surface area contributed by atoms with Crippen LogP contribution in [0.25, 0.3) is 5.76 Å². The Hall–Kier alpha value is -3.84. The molecule has 1 aromatic heterocycles. The van der Waals surface area contributed by atoms with E-state index in [1.807, 2.05) is 6.92 Å². The molecule has 5 rings (SSSR count). The number of rotatable bonds is 3. The average Bonchev–Trinajstić information content (AvgIpc) is 3.31. The molecule has 1 saturated heterocycles. The standard InChI is InChI=1S/C25H19ClN2O5/c1-13-9-16-10-14(4-7-20(16)33-13)23(30)21-22(15-3-2-8-27-12-15)28(25(32)24(21)31)18-11-17(26)5-6-19(18)29/h2-8,10-13,22,29-30H,9H2,1H3/b23-21-. The first-order valence-electron chi connectivity index (χ1n) is 10.3. The fraction of sp³-hybridized carbons (Fsp3) is 0.160. The highest BCUT2D eigenvalue weighted by Gasteiger charge is 2.48. The monoisotopic (exact) mass is 462 g/mol. The van der Waals surface area contributed by atoms with Gasteiger partial charge in [-0.25, -0.2) is 0 Å². The maximum absolute atomic E-state index is 13.2. The minimum atomic E-state index is -1.01. The molecule has 0 bridgehead atoms. The van der Waals surface area contributed by atoms with Crippen molar-refractivity contribution in [2.24, 2.45) is 0 Å². The Labute approximate surface area is 194 Å². The second-order valence-corrected chi connectivity index (χ2v) is 8.48. The lowest BCUT2D eigenvalue weighted by atomic mass is 9.95. The summed E-state index contributed by atoms with van der Waals surface area (Å²) in [6.07, 6.45) is 3.77. The van der Waals surface area contributed by atoms with E-state index in [-0.39, 0.29) is 33.9 Å². The van der Waals surface area contributed by atoms with Gasteiger partial charge in [0.05, 0.1) is 17.3 Å². The lowest BCUT2D eigenvalue weighted by molar-refractivity contribution is -0.132. The van der Waals surface area contributed by atoms with Crippen molar-refractivity contribution in [3.8, 4) is 11.5 Å². The number of anilines is 1. The molecule has 1 fully saturated rings.